The van der Waals surface area contributed by atoms with E-state index in [2.05, 4.69) is 21.2 Å². The van der Waals surface area contributed by atoms with Crippen LogP contribution in [0.3, 0.4) is 0 Å². The average Bonchev–Trinajstić information content (AvgIpc) is 2.42. The third kappa shape index (κ3) is 3.39. The Morgan fingerprint density at radius 3 is 2.50 bits per heavy atom. The number of benzene rings is 2. The summed E-state index contributed by atoms with van der Waals surface area (Å²) in [6, 6.07) is 6.84. The van der Waals surface area contributed by atoms with Gasteiger partial charge in [0.25, 0.3) is 5.91 Å². The van der Waals surface area contributed by atoms with Crippen LogP contribution in [0.1, 0.15) is 15.9 Å². The Labute approximate surface area is 121 Å². The van der Waals surface area contributed by atoms with Gasteiger partial charge in [-0.3, -0.25) is 4.79 Å². The summed E-state index contributed by atoms with van der Waals surface area (Å²) in [4.78, 5) is 11.7. The van der Waals surface area contributed by atoms with Crippen molar-refractivity contribution < 1.29 is 18.0 Å². The van der Waals surface area contributed by atoms with Gasteiger partial charge in [0, 0.05) is 16.6 Å². The highest BCUT2D eigenvalue weighted by Gasteiger charge is 2.13. The van der Waals surface area contributed by atoms with Gasteiger partial charge in [0.15, 0.2) is 0 Å². The van der Waals surface area contributed by atoms with Crippen LogP contribution in [0.5, 0.6) is 0 Å². The number of carbonyl (C=O) groups excluding carboxylic acids is 1. The highest BCUT2D eigenvalue weighted by molar-refractivity contribution is 9.10. The second-order valence-electron chi connectivity index (χ2n) is 4.04. The monoisotopic (exact) mass is 343 g/mol. The van der Waals surface area contributed by atoms with Crippen LogP contribution in [-0.4, -0.2) is 5.91 Å². The number of carbonyl (C=O) groups is 1. The molecule has 0 atom stereocenters. The molecule has 0 saturated heterocycles. The first-order valence-corrected chi connectivity index (χ1v) is 6.44. The van der Waals surface area contributed by atoms with Gasteiger partial charge in [-0.15, -0.1) is 0 Å². The predicted molar refractivity (Wildman–Crippen MR) is 71.6 cm³/mol. The number of amides is 1. The maximum Gasteiger partial charge on any atom is 0.254 e. The molecule has 0 fully saturated rings. The predicted octanol–water partition coefficient (Wildman–Crippen LogP) is 3.80. The minimum atomic E-state index is -0.835. The second-order valence-corrected chi connectivity index (χ2v) is 4.96. The van der Waals surface area contributed by atoms with Gasteiger partial charge in [-0.25, -0.2) is 13.2 Å². The quantitative estimate of drug-likeness (QED) is 0.902. The van der Waals surface area contributed by atoms with E-state index in [1.165, 1.54) is 18.2 Å². The fraction of sp³-hybridized carbons (Fsp3) is 0.0714. The molecule has 0 radical (unpaired) electrons. The summed E-state index contributed by atoms with van der Waals surface area (Å²) in [6.07, 6.45) is 0. The van der Waals surface area contributed by atoms with Gasteiger partial charge < -0.3 is 5.32 Å². The molecular formula is C14H9BrF3NO. The van der Waals surface area contributed by atoms with Gasteiger partial charge in [0.05, 0.1) is 5.56 Å². The standard InChI is InChI=1S/C14H9BrF3NO/c15-9-1-3-12(17)8(5-9)7-19-14(20)11-6-10(16)2-4-13(11)18/h1-6H,7H2,(H,19,20). The highest BCUT2D eigenvalue weighted by atomic mass is 79.9. The molecule has 2 aromatic rings. The van der Waals surface area contributed by atoms with Crippen molar-refractivity contribution in [3.8, 4) is 0 Å². The number of rotatable bonds is 3. The molecule has 0 aliphatic heterocycles. The zero-order chi connectivity index (χ0) is 14.7. The van der Waals surface area contributed by atoms with Crippen molar-refractivity contribution in [2.45, 2.75) is 6.54 Å². The Morgan fingerprint density at radius 2 is 1.75 bits per heavy atom. The number of hydrogen-bond donors (Lipinski definition) is 1. The maximum absolute atomic E-state index is 13.5. The molecule has 0 spiro atoms. The van der Waals surface area contributed by atoms with Crippen LogP contribution in [0.15, 0.2) is 40.9 Å². The molecule has 104 valence electrons. The van der Waals surface area contributed by atoms with Gasteiger partial charge in [-0.1, -0.05) is 15.9 Å². The number of nitrogens with one attached hydrogen (secondary N) is 1. The summed E-state index contributed by atoms with van der Waals surface area (Å²) in [5, 5.41) is 2.34. The van der Waals surface area contributed by atoms with Gasteiger partial charge in [0.1, 0.15) is 17.5 Å². The molecule has 1 amide bonds. The van der Waals surface area contributed by atoms with Crippen molar-refractivity contribution in [1.29, 1.82) is 0 Å². The summed E-state index contributed by atoms with van der Waals surface area (Å²) in [7, 11) is 0. The molecule has 0 aromatic heterocycles. The van der Waals surface area contributed by atoms with Crippen LogP contribution < -0.4 is 5.32 Å². The highest BCUT2D eigenvalue weighted by Crippen LogP contribution is 2.16. The fourth-order valence-electron chi connectivity index (χ4n) is 1.62. The third-order valence-electron chi connectivity index (χ3n) is 2.62. The van der Waals surface area contributed by atoms with E-state index in [1.54, 1.807) is 0 Å². The van der Waals surface area contributed by atoms with Gasteiger partial charge in [-0.05, 0) is 36.4 Å². The minimum Gasteiger partial charge on any atom is -0.348 e. The molecule has 0 saturated carbocycles. The first kappa shape index (κ1) is 14.6. The van der Waals surface area contributed by atoms with Gasteiger partial charge in [0.2, 0.25) is 0 Å². The Kier molecular flexibility index (Phi) is 4.44. The van der Waals surface area contributed by atoms with Gasteiger partial charge in [-0.2, -0.15) is 0 Å². The topological polar surface area (TPSA) is 29.1 Å². The summed E-state index contributed by atoms with van der Waals surface area (Å²) in [5.74, 6) is -2.85. The molecule has 0 heterocycles. The molecule has 2 aromatic carbocycles. The van der Waals surface area contributed by atoms with Crippen molar-refractivity contribution >= 4 is 21.8 Å². The zero-order valence-electron chi connectivity index (χ0n) is 10.1. The molecule has 0 aliphatic rings. The fourth-order valence-corrected chi connectivity index (χ4v) is 2.03. The molecule has 0 unspecified atom stereocenters. The molecule has 2 rings (SSSR count). The number of hydrogen-bond acceptors (Lipinski definition) is 1. The smallest absolute Gasteiger partial charge is 0.254 e. The lowest BCUT2D eigenvalue weighted by Crippen LogP contribution is -2.24. The lowest BCUT2D eigenvalue weighted by molar-refractivity contribution is 0.0946. The third-order valence-corrected chi connectivity index (χ3v) is 3.11. The van der Waals surface area contributed by atoms with Crippen LogP contribution in [0, 0.1) is 17.5 Å². The van der Waals surface area contributed by atoms with E-state index < -0.39 is 28.9 Å². The Morgan fingerprint density at radius 1 is 1.05 bits per heavy atom. The van der Waals surface area contributed by atoms with Crippen LogP contribution >= 0.6 is 15.9 Å². The molecule has 6 heteroatoms. The van der Waals surface area contributed by atoms with Crippen molar-refractivity contribution in [3.05, 3.63) is 69.4 Å². The largest absolute Gasteiger partial charge is 0.348 e. The Hall–Kier alpha value is -1.82. The first-order valence-electron chi connectivity index (χ1n) is 5.64. The van der Waals surface area contributed by atoms with Crippen molar-refractivity contribution in [3.63, 3.8) is 0 Å². The lowest BCUT2D eigenvalue weighted by Gasteiger charge is -2.07. The first-order chi connectivity index (χ1) is 9.47. The normalized spacial score (nSPS) is 10.4. The Bertz CT molecular complexity index is 661. The van der Waals surface area contributed by atoms with Crippen molar-refractivity contribution in [2.75, 3.05) is 0 Å². The van der Waals surface area contributed by atoms with E-state index in [9.17, 15) is 18.0 Å². The van der Waals surface area contributed by atoms with E-state index >= 15 is 0 Å². The lowest BCUT2D eigenvalue weighted by atomic mass is 10.1. The average molecular weight is 344 g/mol. The summed E-state index contributed by atoms with van der Waals surface area (Å²) in [5.41, 5.74) is -0.176. The second kappa shape index (κ2) is 6.09. The van der Waals surface area contributed by atoms with Crippen molar-refractivity contribution in [1.82, 2.24) is 5.32 Å². The summed E-state index contributed by atoms with van der Waals surface area (Å²) < 4.78 is 40.5. The molecule has 2 nitrogen and oxygen atoms in total. The molecule has 0 bridgehead atoms. The van der Waals surface area contributed by atoms with Crippen molar-refractivity contribution in [2.24, 2.45) is 0 Å². The Balaban J connectivity index is 2.12. The zero-order valence-corrected chi connectivity index (χ0v) is 11.7. The van der Waals surface area contributed by atoms with Crippen LogP contribution in [-0.2, 0) is 6.54 Å². The van der Waals surface area contributed by atoms with E-state index in [-0.39, 0.29) is 12.1 Å². The SMILES string of the molecule is O=C(NCc1cc(Br)ccc1F)c1cc(F)ccc1F. The molecule has 1 N–H and O–H groups in total. The molecule has 0 aliphatic carbocycles. The van der Waals surface area contributed by atoms with E-state index in [4.69, 9.17) is 0 Å². The van der Waals surface area contributed by atoms with E-state index in [0.29, 0.717) is 4.47 Å². The van der Waals surface area contributed by atoms with Crippen LogP contribution in [0.2, 0.25) is 0 Å². The van der Waals surface area contributed by atoms with E-state index in [0.717, 1.165) is 18.2 Å². The maximum atomic E-state index is 13.5. The summed E-state index contributed by atoms with van der Waals surface area (Å²) in [6.45, 7) is -0.125. The van der Waals surface area contributed by atoms with Gasteiger partial charge >= 0.3 is 0 Å². The van der Waals surface area contributed by atoms with Crippen LogP contribution in [0.4, 0.5) is 13.2 Å². The molecule has 20 heavy (non-hydrogen) atoms. The summed E-state index contributed by atoms with van der Waals surface area (Å²) >= 11 is 3.18. The van der Waals surface area contributed by atoms with E-state index in [1.807, 2.05) is 0 Å². The number of halogens is 4. The molecular weight excluding hydrogens is 335 g/mol. The van der Waals surface area contributed by atoms with Crippen LogP contribution in [0.25, 0.3) is 0 Å². The minimum absolute atomic E-state index is 0.125.